The monoisotopic (exact) mass is 302 g/mol. The number of halogens is 1. The van der Waals surface area contributed by atoms with Crippen LogP contribution < -0.4 is 0 Å². The topological polar surface area (TPSA) is 36.4 Å². The summed E-state index contributed by atoms with van der Waals surface area (Å²) >= 11 is 0. The first-order valence-corrected chi connectivity index (χ1v) is 8.15. The van der Waals surface area contributed by atoms with Crippen LogP contribution in [0, 0.1) is 5.82 Å². The van der Waals surface area contributed by atoms with E-state index in [0.29, 0.717) is 5.39 Å². The van der Waals surface area contributed by atoms with Crippen molar-refractivity contribution in [2.45, 2.75) is 51.3 Å². The minimum absolute atomic E-state index is 0.197. The number of pyridine rings is 1. The van der Waals surface area contributed by atoms with Gasteiger partial charge < -0.3 is 5.11 Å². The van der Waals surface area contributed by atoms with E-state index in [9.17, 15) is 9.50 Å². The number of hydrogen-bond donors (Lipinski definition) is 1. The van der Waals surface area contributed by atoms with Crippen molar-refractivity contribution in [2.24, 2.45) is 0 Å². The van der Waals surface area contributed by atoms with E-state index in [2.05, 4.69) is 9.88 Å². The van der Waals surface area contributed by atoms with E-state index in [1.807, 2.05) is 13.0 Å². The molecular weight excluding hydrogens is 279 g/mol. The molecule has 2 unspecified atom stereocenters. The van der Waals surface area contributed by atoms with Crippen molar-refractivity contribution < 1.29 is 9.50 Å². The highest BCUT2D eigenvalue weighted by Gasteiger charge is 2.28. The molecule has 2 aromatic rings. The van der Waals surface area contributed by atoms with Crippen LogP contribution in [0.4, 0.5) is 4.39 Å². The van der Waals surface area contributed by atoms with Crippen LogP contribution in [0.2, 0.25) is 0 Å². The Morgan fingerprint density at radius 1 is 1.36 bits per heavy atom. The lowest BCUT2D eigenvalue weighted by atomic mass is 9.95. The molecule has 22 heavy (non-hydrogen) atoms. The predicted molar refractivity (Wildman–Crippen MR) is 86.0 cm³/mol. The second-order valence-electron chi connectivity index (χ2n) is 6.12. The SMILES string of the molecule is CCC(O)C1CCCCN1Cc1ccc(F)c2cccnc12. The smallest absolute Gasteiger partial charge is 0.132 e. The van der Waals surface area contributed by atoms with Crippen LogP contribution >= 0.6 is 0 Å². The van der Waals surface area contributed by atoms with Gasteiger partial charge >= 0.3 is 0 Å². The van der Waals surface area contributed by atoms with Crippen LogP contribution in [-0.2, 0) is 6.54 Å². The molecule has 118 valence electrons. The first kappa shape index (κ1) is 15.4. The number of piperidine rings is 1. The lowest BCUT2D eigenvalue weighted by Gasteiger charge is -2.38. The summed E-state index contributed by atoms with van der Waals surface area (Å²) in [6.45, 7) is 3.72. The Bertz CT molecular complexity index is 646. The number of fused-ring (bicyclic) bond motifs is 1. The van der Waals surface area contributed by atoms with Crippen LogP contribution in [0.3, 0.4) is 0 Å². The number of benzene rings is 1. The molecule has 1 saturated heterocycles. The molecule has 0 saturated carbocycles. The molecule has 3 nitrogen and oxygen atoms in total. The molecule has 3 rings (SSSR count). The molecule has 0 spiro atoms. The van der Waals surface area contributed by atoms with Crippen LogP contribution in [0.5, 0.6) is 0 Å². The summed E-state index contributed by atoms with van der Waals surface area (Å²) in [6.07, 6.45) is 5.53. The van der Waals surface area contributed by atoms with E-state index in [1.165, 1.54) is 12.5 Å². The average Bonchev–Trinajstić information content (AvgIpc) is 2.57. The highest BCUT2D eigenvalue weighted by molar-refractivity contribution is 5.82. The molecule has 0 radical (unpaired) electrons. The Kier molecular flexibility index (Phi) is 4.69. The summed E-state index contributed by atoms with van der Waals surface area (Å²) in [5, 5.41) is 10.8. The average molecular weight is 302 g/mol. The van der Waals surface area contributed by atoms with E-state index >= 15 is 0 Å². The molecule has 1 aliphatic rings. The van der Waals surface area contributed by atoms with Gasteiger partial charge in [0.15, 0.2) is 0 Å². The number of likely N-dealkylation sites (tertiary alicyclic amines) is 1. The molecule has 1 aromatic heterocycles. The Morgan fingerprint density at radius 3 is 3.05 bits per heavy atom. The van der Waals surface area contributed by atoms with Crippen LogP contribution in [-0.4, -0.2) is 33.7 Å². The Morgan fingerprint density at radius 2 is 2.23 bits per heavy atom. The van der Waals surface area contributed by atoms with Crippen molar-refractivity contribution in [1.82, 2.24) is 9.88 Å². The van der Waals surface area contributed by atoms with Crippen LogP contribution in [0.1, 0.15) is 38.2 Å². The maximum Gasteiger partial charge on any atom is 0.132 e. The normalized spacial score (nSPS) is 21.1. The third-order valence-corrected chi connectivity index (χ3v) is 4.70. The second-order valence-corrected chi connectivity index (χ2v) is 6.12. The Balaban J connectivity index is 1.90. The van der Waals surface area contributed by atoms with Crippen molar-refractivity contribution in [3.63, 3.8) is 0 Å². The molecule has 1 fully saturated rings. The number of aliphatic hydroxyl groups is 1. The van der Waals surface area contributed by atoms with Gasteiger partial charge in [0.1, 0.15) is 5.82 Å². The highest BCUT2D eigenvalue weighted by Crippen LogP contribution is 2.26. The van der Waals surface area contributed by atoms with Gasteiger partial charge in [-0.1, -0.05) is 19.4 Å². The standard InChI is InChI=1S/C18H23FN2O/c1-2-17(22)16-7-3-4-11-21(16)12-13-8-9-15(19)14-6-5-10-20-18(13)14/h5-6,8-10,16-17,22H,2-4,7,11-12H2,1H3. The van der Waals surface area contributed by atoms with Crippen molar-refractivity contribution >= 4 is 10.9 Å². The minimum Gasteiger partial charge on any atom is -0.392 e. The third kappa shape index (κ3) is 2.99. The van der Waals surface area contributed by atoms with Gasteiger partial charge in [0.05, 0.1) is 11.6 Å². The van der Waals surface area contributed by atoms with Gasteiger partial charge in [-0.15, -0.1) is 0 Å². The largest absolute Gasteiger partial charge is 0.392 e. The molecule has 1 aromatic carbocycles. The van der Waals surface area contributed by atoms with Gasteiger partial charge in [-0.3, -0.25) is 9.88 Å². The zero-order chi connectivity index (χ0) is 15.5. The van der Waals surface area contributed by atoms with E-state index in [0.717, 1.165) is 43.4 Å². The van der Waals surface area contributed by atoms with Crippen molar-refractivity contribution in [3.8, 4) is 0 Å². The fraction of sp³-hybridized carbons (Fsp3) is 0.500. The number of aliphatic hydroxyl groups excluding tert-OH is 1. The van der Waals surface area contributed by atoms with E-state index in [4.69, 9.17) is 0 Å². The highest BCUT2D eigenvalue weighted by atomic mass is 19.1. The summed E-state index contributed by atoms with van der Waals surface area (Å²) in [5.41, 5.74) is 1.77. The summed E-state index contributed by atoms with van der Waals surface area (Å²) in [7, 11) is 0. The molecule has 0 bridgehead atoms. The van der Waals surface area contributed by atoms with Crippen molar-refractivity contribution in [3.05, 3.63) is 41.8 Å². The summed E-state index contributed by atoms with van der Waals surface area (Å²) in [5.74, 6) is -0.226. The van der Waals surface area contributed by atoms with Crippen LogP contribution in [0.15, 0.2) is 30.5 Å². The van der Waals surface area contributed by atoms with Gasteiger partial charge in [0.25, 0.3) is 0 Å². The quantitative estimate of drug-likeness (QED) is 0.939. The van der Waals surface area contributed by atoms with E-state index in [1.54, 1.807) is 18.3 Å². The van der Waals surface area contributed by atoms with Gasteiger partial charge in [-0.25, -0.2) is 4.39 Å². The first-order chi connectivity index (χ1) is 10.7. The fourth-order valence-electron chi connectivity index (χ4n) is 3.46. The summed E-state index contributed by atoms with van der Waals surface area (Å²) in [6, 6.07) is 7.08. The zero-order valence-corrected chi connectivity index (χ0v) is 13.0. The van der Waals surface area contributed by atoms with E-state index in [-0.39, 0.29) is 18.0 Å². The third-order valence-electron chi connectivity index (χ3n) is 4.70. The minimum atomic E-state index is -0.292. The Hall–Kier alpha value is -1.52. The molecular formula is C18H23FN2O. The first-order valence-electron chi connectivity index (χ1n) is 8.15. The molecule has 2 heterocycles. The predicted octanol–water partition coefficient (Wildman–Crippen LogP) is 3.50. The van der Waals surface area contributed by atoms with Gasteiger partial charge in [0.2, 0.25) is 0 Å². The van der Waals surface area contributed by atoms with Gasteiger partial charge in [-0.05, 0) is 49.6 Å². The number of rotatable bonds is 4. The zero-order valence-electron chi connectivity index (χ0n) is 13.0. The van der Waals surface area contributed by atoms with Gasteiger partial charge in [-0.2, -0.15) is 0 Å². The number of hydrogen-bond acceptors (Lipinski definition) is 3. The summed E-state index contributed by atoms with van der Waals surface area (Å²) in [4.78, 5) is 6.70. The number of aromatic nitrogens is 1. The van der Waals surface area contributed by atoms with Crippen molar-refractivity contribution in [1.29, 1.82) is 0 Å². The molecule has 0 amide bonds. The fourth-order valence-corrected chi connectivity index (χ4v) is 3.46. The van der Waals surface area contributed by atoms with Crippen LogP contribution in [0.25, 0.3) is 10.9 Å². The molecule has 4 heteroatoms. The molecule has 0 aliphatic carbocycles. The van der Waals surface area contributed by atoms with Gasteiger partial charge in [0, 0.05) is 24.2 Å². The number of nitrogens with zero attached hydrogens (tertiary/aromatic N) is 2. The second kappa shape index (κ2) is 6.71. The maximum atomic E-state index is 13.9. The summed E-state index contributed by atoms with van der Waals surface area (Å²) < 4.78 is 13.9. The molecule has 1 N–H and O–H groups in total. The van der Waals surface area contributed by atoms with Crippen molar-refractivity contribution in [2.75, 3.05) is 6.54 Å². The molecule has 2 atom stereocenters. The maximum absolute atomic E-state index is 13.9. The lowest BCUT2D eigenvalue weighted by Crippen LogP contribution is -2.46. The Labute approximate surface area is 130 Å². The molecule has 1 aliphatic heterocycles. The lowest BCUT2D eigenvalue weighted by molar-refractivity contribution is 0.0197. The van der Waals surface area contributed by atoms with E-state index < -0.39 is 0 Å².